The largest absolute Gasteiger partial charge is 0.423 e. The van der Waals surface area contributed by atoms with Crippen molar-refractivity contribution in [2.45, 2.75) is 69.1 Å². The molecule has 0 bridgehead atoms. The van der Waals surface area contributed by atoms with Crippen LogP contribution in [0.15, 0.2) is 36.4 Å². The predicted molar refractivity (Wildman–Crippen MR) is 143 cm³/mol. The molecular weight excluding hydrogens is 584 g/mol. The number of alkyl halides is 6. The van der Waals surface area contributed by atoms with Crippen LogP contribution in [0.1, 0.15) is 55.2 Å². The van der Waals surface area contributed by atoms with Gasteiger partial charge in [-0.1, -0.05) is 0 Å². The smallest absolute Gasteiger partial charge is 0.382 e. The quantitative estimate of drug-likeness (QED) is 0.202. The first-order valence-electron chi connectivity index (χ1n) is 13.6. The molecule has 1 aliphatic carbocycles. The number of halogens is 6. The zero-order valence-corrected chi connectivity index (χ0v) is 22.8. The molecule has 2 fully saturated rings. The van der Waals surface area contributed by atoms with Crippen LogP contribution in [0.3, 0.4) is 0 Å². The molecule has 1 saturated heterocycles. The lowest BCUT2D eigenvalue weighted by atomic mass is 9.92. The Morgan fingerprint density at radius 2 is 1.44 bits per heavy atom. The number of nitrogens with zero attached hydrogens (tertiary/aromatic N) is 3. The summed E-state index contributed by atoms with van der Waals surface area (Å²) in [5.74, 6) is -0.206. The third-order valence-electron chi connectivity index (χ3n) is 7.65. The highest BCUT2D eigenvalue weighted by atomic mass is 19.4. The van der Waals surface area contributed by atoms with Crippen LogP contribution in [0.5, 0.6) is 0 Å². The fraction of sp³-hybridized carbons (Fsp3) is 0.500. The average Bonchev–Trinajstić information content (AvgIpc) is 2.96. The summed E-state index contributed by atoms with van der Waals surface area (Å²) in [6.45, 7) is 0.658. The molecule has 0 unspecified atom stereocenters. The number of nitro groups is 1. The summed E-state index contributed by atoms with van der Waals surface area (Å²) >= 11 is 0. The first-order chi connectivity index (χ1) is 20.2. The van der Waals surface area contributed by atoms with Crippen LogP contribution in [0.2, 0.25) is 0 Å². The van der Waals surface area contributed by atoms with Gasteiger partial charge in [0.1, 0.15) is 12.2 Å². The second-order valence-electron chi connectivity index (χ2n) is 10.6. The molecule has 4 rings (SSSR count). The summed E-state index contributed by atoms with van der Waals surface area (Å²) in [7, 11) is 0. The Morgan fingerprint density at radius 1 is 0.907 bits per heavy atom. The van der Waals surface area contributed by atoms with Gasteiger partial charge in [-0.2, -0.15) is 31.6 Å². The van der Waals surface area contributed by atoms with Crippen LogP contribution in [0.4, 0.5) is 43.4 Å². The van der Waals surface area contributed by atoms with E-state index in [1.165, 1.54) is 12.1 Å². The van der Waals surface area contributed by atoms with Crippen LogP contribution in [-0.2, 0) is 21.9 Å². The Morgan fingerprint density at radius 3 is 1.98 bits per heavy atom. The number of nitriles is 1. The van der Waals surface area contributed by atoms with Gasteiger partial charge in [0.15, 0.2) is 0 Å². The number of carbonyl (C=O) groups excluding carboxylic acids is 1. The summed E-state index contributed by atoms with van der Waals surface area (Å²) < 4.78 is 85.3. The fourth-order valence-electron chi connectivity index (χ4n) is 5.38. The van der Waals surface area contributed by atoms with Crippen molar-refractivity contribution < 1.29 is 40.8 Å². The van der Waals surface area contributed by atoms with Crippen LogP contribution in [-0.4, -0.2) is 53.6 Å². The van der Waals surface area contributed by atoms with Crippen LogP contribution in [0, 0.1) is 21.4 Å². The van der Waals surface area contributed by atoms with Crippen molar-refractivity contribution in [3.05, 3.63) is 63.2 Å². The number of nitrogens with one attached hydrogen (secondary N) is 2. The molecule has 2 N–H and O–H groups in total. The van der Waals surface area contributed by atoms with Gasteiger partial charge in [0.25, 0.3) is 5.69 Å². The molecule has 1 saturated carbocycles. The van der Waals surface area contributed by atoms with Crippen molar-refractivity contribution in [1.82, 2.24) is 4.90 Å². The lowest BCUT2D eigenvalue weighted by molar-refractivity contribution is -0.388. The van der Waals surface area contributed by atoms with E-state index >= 15 is 0 Å². The number of ether oxygens (including phenoxy) is 1. The van der Waals surface area contributed by atoms with Crippen LogP contribution < -0.4 is 10.6 Å². The highest BCUT2D eigenvalue weighted by Gasteiger charge is 2.39. The number of carbonyl (C=O) groups is 1. The van der Waals surface area contributed by atoms with Gasteiger partial charge < -0.3 is 20.3 Å². The monoisotopic (exact) mass is 613 g/mol. The van der Waals surface area contributed by atoms with E-state index < -0.39 is 39.7 Å². The standard InChI is InChI=1S/C28H29F6N5O4/c29-27(30,31)23-13-20(2-1-17(23)15-35)37-19-9-11-38(12-10-19)26(40)16-43-22-6-3-18(4-7-22)36-21-5-8-25(39(41)42)24(14-21)28(32,33)34/h1-2,5,8,13-14,18-19,22,36-37H,3-4,6-7,9-12,16H2/t18-,22-. The van der Waals surface area contributed by atoms with Crippen molar-refractivity contribution in [1.29, 1.82) is 5.26 Å². The van der Waals surface area contributed by atoms with E-state index in [0.29, 0.717) is 51.6 Å². The van der Waals surface area contributed by atoms with E-state index in [4.69, 9.17) is 10.00 Å². The second kappa shape index (κ2) is 13.1. The normalized spacial score (nSPS) is 19.9. The van der Waals surface area contributed by atoms with Gasteiger partial charge in [0, 0.05) is 42.6 Å². The van der Waals surface area contributed by atoms with Crippen molar-refractivity contribution in [2.75, 3.05) is 30.3 Å². The Balaban J connectivity index is 1.19. The SMILES string of the molecule is N#Cc1ccc(NC2CCN(C(=O)CO[C@H]3CC[C@H](Nc4ccc([N+](=O)[O-])c(C(F)(F)F)c4)CC3)CC2)cc1C(F)(F)F. The summed E-state index contributed by atoms with van der Waals surface area (Å²) in [6, 6.07) is 7.53. The van der Waals surface area contributed by atoms with Crippen molar-refractivity contribution in [3.63, 3.8) is 0 Å². The van der Waals surface area contributed by atoms with Gasteiger partial charge in [0.2, 0.25) is 5.91 Å². The highest BCUT2D eigenvalue weighted by molar-refractivity contribution is 5.77. The number of likely N-dealkylation sites (tertiary alicyclic amines) is 1. The van der Waals surface area contributed by atoms with Gasteiger partial charge >= 0.3 is 12.4 Å². The van der Waals surface area contributed by atoms with Gasteiger partial charge in [-0.15, -0.1) is 0 Å². The van der Waals surface area contributed by atoms with E-state index in [2.05, 4.69) is 10.6 Å². The number of piperidine rings is 1. The van der Waals surface area contributed by atoms with Gasteiger partial charge in [-0.3, -0.25) is 14.9 Å². The molecule has 0 spiro atoms. The molecule has 1 aliphatic heterocycles. The zero-order chi connectivity index (χ0) is 31.4. The number of hydrogen-bond acceptors (Lipinski definition) is 7. The van der Waals surface area contributed by atoms with Crippen molar-refractivity contribution in [3.8, 4) is 6.07 Å². The van der Waals surface area contributed by atoms with Crippen molar-refractivity contribution in [2.24, 2.45) is 0 Å². The molecule has 232 valence electrons. The number of amides is 1. The van der Waals surface area contributed by atoms with E-state index in [1.54, 1.807) is 11.0 Å². The molecule has 43 heavy (non-hydrogen) atoms. The Kier molecular flexibility index (Phi) is 9.69. The summed E-state index contributed by atoms with van der Waals surface area (Å²) in [4.78, 5) is 24.2. The number of hydrogen-bond donors (Lipinski definition) is 2. The lowest BCUT2D eigenvalue weighted by Gasteiger charge is -2.34. The molecule has 0 atom stereocenters. The third kappa shape index (κ3) is 8.28. The molecule has 2 aliphatic rings. The molecule has 1 heterocycles. The summed E-state index contributed by atoms with van der Waals surface area (Å²) in [6.07, 6.45) is -6.41. The van der Waals surface area contributed by atoms with Gasteiger partial charge in [-0.05, 0) is 68.9 Å². The van der Waals surface area contributed by atoms with Gasteiger partial charge in [-0.25, -0.2) is 0 Å². The first kappa shape index (κ1) is 31.9. The molecule has 0 radical (unpaired) electrons. The molecule has 0 aromatic heterocycles. The number of rotatable bonds is 8. The Bertz CT molecular complexity index is 1360. The molecule has 15 heteroatoms. The molecule has 9 nitrogen and oxygen atoms in total. The van der Waals surface area contributed by atoms with E-state index in [-0.39, 0.29) is 42.1 Å². The maximum atomic E-state index is 13.3. The van der Waals surface area contributed by atoms with Crippen LogP contribution >= 0.6 is 0 Å². The maximum Gasteiger partial charge on any atom is 0.423 e. The highest BCUT2D eigenvalue weighted by Crippen LogP contribution is 2.38. The van der Waals surface area contributed by atoms with Gasteiger partial charge in [0.05, 0.1) is 28.2 Å². The van der Waals surface area contributed by atoms with E-state index in [1.807, 2.05) is 0 Å². The third-order valence-corrected chi connectivity index (χ3v) is 7.65. The molecule has 2 aromatic carbocycles. The molecule has 1 amide bonds. The predicted octanol–water partition coefficient (Wildman–Crippen LogP) is 6.35. The minimum absolute atomic E-state index is 0.135. The van der Waals surface area contributed by atoms with Crippen molar-refractivity contribution >= 4 is 23.0 Å². The van der Waals surface area contributed by atoms with Crippen LogP contribution in [0.25, 0.3) is 0 Å². The van der Waals surface area contributed by atoms with E-state index in [0.717, 1.165) is 24.3 Å². The fourth-order valence-corrected chi connectivity index (χ4v) is 5.38. The first-order valence-corrected chi connectivity index (χ1v) is 13.6. The second-order valence-corrected chi connectivity index (χ2v) is 10.6. The molecule has 2 aromatic rings. The van der Waals surface area contributed by atoms with E-state index in [9.17, 15) is 41.3 Å². The lowest BCUT2D eigenvalue weighted by Crippen LogP contribution is -2.44. The minimum Gasteiger partial charge on any atom is -0.382 e. The number of anilines is 2. The Labute approximate surface area is 242 Å². The topological polar surface area (TPSA) is 121 Å². The average molecular weight is 614 g/mol. The zero-order valence-electron chi connectivity index (χ0n) is 22.8. The minimum atomic E-state index is -4.87. The summed E-state index contributed by atoms with van der Waals surface area (Å²) in [5, 5.41) is 26.0. The maximum absolute atomic E-state index is 13.3. The Hall–Kier alpha value is -4.06. The summed E-state index contributed by atoms with van der Waals surface area (Å²) in [5.41, 5.74) is -3.40. The molecular formula is C28H29F6N5O4. The number of benzene rings is 2. The number of nitro benzene ring substituents is 1.